The van der Waals surface area contributed by atoms with Crippen LogP contribution in [0.1, 0.15) is 11.1 Å². The number of halogens is 4. The Hall–Kier alpha value is -4.20. The number of hydrogen-bond acceptors (Lipinski definition) is 6. The number of rotatable bonds is 10. The Morgan fingerprint density at radius 3 is 2.26 bits per heavy atom. The second-order valence-corrected chi connectivity index (χ2v) is 13.9. The summed E-state index contributed by atoms with van der Waals surface area (Å²) >= 11 is 16.8. The molecule has 0 saturated heterocycles. The first-order valence-corrected chi connectivity index (χ1v) is 16.1. The maximum Gasteiger partial charge on any atom is 0.435 e. The highest BCUT2D eigenvalue weighted by atomic mass is 35.6. The molecule has 4 aromatic carbocycles. The van der Waals surface area contributed by atoms with Crippen LogP contribution in [0.4, 0.5) is 20.6 Å². The standard InChI is InChI=1S/C31H27Cl3FN5O5S/c32-31(33,34)19-45-30(42)39-29(36)22-4-3-5-25(16-22)40(17-20-8-12-23(35)13-9-20)18-28(41)38-24-14-10-21(11-15-24)26-6-1-2-7-27(26)46(37,43)44/h1-16H,17-19H2,(H,38,41)(H2,36,39,42)(H2,37,43,44). The van der Waals surface area contributed by atoms with Crippen molar-refractivity contribution in [2.45, 2.75) is 15.2 Å². The molecular formula is C31H27Cl3FN5O5S. The molecule has 0 bridgehead atoms. The first kappa shape index (κ1) is 34.7. The van der Waals surface area contributed by atoms with Crippen LogP contribution >= 0.6 is 34.8 Å². The van der Waals surface area contributed by atoms with Crippen LogP contribution < -0.4 is 21.1 Å². The van der Waals surface area contributed by atoms with Gasteiger partial charge in [-0.05, 0) is 53.6 Å². The maximum atomic E-state index is 13.6. The molecule has 0 aliphatic carbocycles. The van der Waals surface area contributed by atoms with Gasteiger partial charge >= 0.3 is 6.09 Å². The third-order valence-corrected chi connectivity index (χ3v) is 7.67. The van der Waals surface area contributed by atoms with E-state index in [2.05, 4.69) is 10.3 Å². The lowest BCUT2D eigenvalue weighted by atomic mass is 10.1. The Balaban J connectivity index is 1.54. The van der Waals surface area contributed by atoms with Crippen LogP contribution in [0.2, 0.25) is 0 Å². The van der Waals surface area contributed by atoms with Gasteiger partial charge in [0.2, 0.25) is 19.7 Å². The van der Waals surface area contributed by atoms with Crippen molar-refractivity contribution in [1.29, 1.82) is 0 Å². The van der Waals surface area contributed by atoms with Gasteiger partial charge in [-0.15, -0.1) is 0 Å². The summed E-state index contributed by atoms with van der Waals surface area (Å²) in [5.74, 6) is -0.968. The highest BCUT2D eigenvalue weighted by Crippen LogP contribution is 2.28. The van der Waals surface area contributed by atoms with Crippen molar-refractivity contribution >= 4 is 74.0 Å². The van der Waals surface area contributed by atoms with Crippen molar-refractivity contribution in [3.63, 3.8) is 0 Å². The molecule has 0 spiro atoms. The Morgan fingerprint density at radius 1 is 0.935 bits per heavy atom. The minimum atomic E-state index is -3.95. The van der Waals surface area contributed by atoms with Crippen molar-refractivity contribution in [2.24, 2.45) is 15.9 Å². The summed E-state index contributed by atoms with van der Waals surface area (Å²) in [7, 11) is -3.95. The van der Waals surface area contributed by atoms with E-state index in [-0.39, 0.29) is 29.7 Å². The van der Waals surface area contributed by atoms with Crippen molar-refractivity contribution in [1.82, 2.24) is 0 Å². The molecule has 4 rings (SSSR count). The highest BCUT2D eigenvalue weighted by molar-refractivity contribution is 7.89. The molecule has 0 atom stereocenters. The van der Waals surface area contributed by atoms with Crippen LogP contribution in [-0.4, -0.2) is 43.2 Å². The number of nitrogens with two attached hydrogens (primary N) is 2. The number of alkyl halides is 3. The Labute approximate surface area is 279 Å². The minimum Gasteiger partial charge on any atom is -0.443 e. The van der Waals surface area contributed by atoms with Gasteiger partial charge in [0, 0.05) is 29.0 Å². The number of sulfonamides is 1. The fourth-order valence-corrected chi connectivity index (χ4v) is 5.23. The van der Waals surface area contributed by atoms with E-state index in [4.69, 9.17) is 50.4 Å². The minimum absolute atomic E-state index is 0.0177. The molecular weight excluding hydrogens is 680 g/mol. The van der Waals surface area contributed by atoms with Gasteiger partial charge in [-0.25, -0.2) is 22.7 Å². The number of nitrogens with zero attached hydrogens (tertiary/aromatic N) is 2. The Kier molecular flexibility index (Phi) is 11.3. The van der Waals surface area contributed by atoms with Crippen LogP contribution in [0, 0.1) is 5.82 Å². The van der Waals surface area contributed by atoms with E-state index in [0.717, 1.165) is 5.56 Å². The summed E-state index contributed by atoms with van der Waals surface area (Å²) < 4.78 is 40.6. The van der Waals surface area contributed by atoms with Gasteiger partial charge in [0.1, 0.15) is 18.3 Å². The SMILES string of the molecule is NC(=NC(=O)OCC(Cl)(Cl)Cl)c1cccc(N(CC(=O)Nc2ccc(-c3ccccc3S(N)(=O)=O)cc2)Cc2ccc(F)cc2)c1. The number of aliphatic imine (C=N–C) groups is 1. The van der Waals surface area contributed by atoms with Crippen LogP contribution in [0.3, 0.4) is 0 Å². The van der Waals surface area contributed by atoms with Crippen molar-refractivity contribution < 1.29 is 27.1 Å². The zero-order valence-electron chi connectivity index (χ0n) is 23.9. The molecule has 0 heterocycles. The van der Waals surface area contributed by atoms with E-state index in [1.165, 1.54) is 18.2 Å². The van der Waals surface area contributed by atoms with Gasteiger partial charge in [0.25, 0.3) is 0 Å². The number of anilines is 2. The number of primary sulfonamides is 1. The number of carbonyl (C=O) groups excluding carboxylic acids is 2. The lowest BCUT2D eigenvalue weighted by molar-refractivity contribution is -0.115. The van der Waals surface area contributed by atoms with Gasteiger partial charge in [0.05, 0.1) is 11.4 Å². The zero-order chi connectivity index (χ0) is 33.5. The Bertz CT molecular complexity index is 1850. The zero-order valence-corrected chi connectivity index (χ0v) is 27.0. The molecule has 0 aromatic heterocycles. The molecule has 240 valence electrons. The smallest absolute Gasteiger partial charge is 0.435 e. The topological polar surface area (TPSA) is 157 Å². The number of carbonyl (C=O) groups is 2. The van der Waals surface area contributed by atoms with E-state index in [1.54, 1.807) is 83.8 Å². The molecule has 46 heavy (non-hydrogen) atoms. The number of hydrogen-bond donors (Lipinski definition) is 3. The monoisotopic (exact) mass is 705 g/mol. The summed E-state index contributed by atoms with van der Waals surface area (Å²) in [6, 6.07) is 25.4. The molecule has 0 radical (unpaired) electrons. The third-order valence-electron chi connectivity index (χ3n) is 6.37. The predicted molar refractivity (Wildman–Crippen MR) is 178 cm³/mol. The van der Waals surface area contributed by atoms with Crippen molar-refractivity contribution in [3.8, 4) is 11.1 Å². The Morgan fingerprint density at radius 2 is 1.61 bits per heavy atom. The summed E-state index contributed by atoms with van der Waals surface area (Å²) in [5, 5.41) is 8.19. The van der Waals surface area contributed by atoms with Crippen LogP contribution in [-0.2, 0) is 26.1 Å². The summed E-state index contributed by atoms with van der Waals surface area (Å²) in [6.07, 6.45) is -1.06. The normalized spacial score (nSPS) is 12.0. The first-order valence-electron chi connectivity index (χ1n) is 13.4. The average molecular weight is 707 g/mol. The predicted octanol–water partition coefficient (Wildman–Crippen LogP) is 6.00. The molecule has 5 N–H and O–H groups in total. The highest BCUT2D eigenvalue weighted by Gasteiger charge is 2.22. The number of benzene rings is 4. The fourth-order valence-electron chi connectivity index (χ4n) is 4.31. The fraction of sp³-hybridized carbons (Fsp3) is 0.129. The molecule has 4 aromatic rings. The lowest BCUT2D eigenvalue weighted by Gasteiger charge is -2.25. The summed E-state index contributed by atoms with van der Waals surface area (Å²) in [6.45, 7) is -0.457. The van der Waals surface area contributed by atoms with Gasteiger partial charge in [-0.3, -0.25) is 4.79 Å². The van der Waals surface area contributed by atoms with Crippen LogP contribution in [0.25, 0.3) is 11.1 Å². The van der Waals surface area contributed by atoms with Crippen molar-refractivity contribution in [3.05, 3.63) is 114 Å². The number of amides is 2. The van der Waals surface area contributed by atoms with Gasteiger partial charge in [0.15, 0.2) is 0 Å². The quantitative estimate of drug-likeness (QED) is 0.104. The molecule has 0 fully saturated rings. The molecule has 10 nitrogen and oxygen atoms in total. The molecule has 0 aliphatic rings. The summed E-state index contributed by atoms with van der Waals surface area (Å²) in [5.41, 5.74) is 9.12. The van der Waals surface area contributed by atoms with Gasteiger partial charge < -0.3 is 20.7 Å². The largest absolute Gasteiger partial charge is 0.443 e. The number of nitrogens with one attached hydrogen (secondary N) is 1. The summed E-state index contributed by atoms with van der Waals surface area (Å²) in [4.78, 5) is 30.7. The maximum absolute atomic E-state index is 13.6. The van der Waals surface area contributed by atoms with E-state index in [9.17, 15) is 22.4 Å². The molecule has 2 amide bonds. The average Bonchev–Trinajstić information content (AvgIpc) is 3.00. The van der Waals surface area contributed by atoms with E-state index in [1.807, 2.05) is 0 Å². The molecule has 0 saturated carbocycles. The second kappa shape index (κ2) is 14.9. The van der Waals surface area contributed by atoms with Crippen LogP contribution in [0.15, 0.2) is 107 Å². The van der Waals surface area contributed by atoms with E-state index < -0.39 is 32.3 Å². The van der Waals surface area contributed by atoms with Crippen molar-refractivity contribution in [2.75, 3.05) is 23.4 Å². The third kappa shape index (κ3) is 10.2. The molecule has 0 unspecified atom stereocenters. The first-order chi connectivity index (χ1) is 21.7. The van der Waals surface area contributed by atoms with Gasteiger partial charge in [-0.1, -0.05) is 89.4 Å². The molecule has 0 aliphatic heterocycles. The van der Waals surface area contributed by atoms with E-state index >= 15 is 0 Å². The van der Waals surface area contributed by atoms with Crippen LogP contribution in [0.5, 0.6) is 0 Å². The van der Waals surface area contributed by atoms with Gasteiger partial charge in [-0.2, -0.15) is 4.99 Å². The molecule has 15 heteroatoms. The second-order valence-electron chi connectivity index (χ2n) is 9.87. The van der Waals surface area contributed by atoms with E-state index in [0.29, 0.717) is 28.1 Å². The lowest BCUT2D eigenvalue weighted by Crippen LogP contribution is -2.33. The number of ether oxygens (including phenoxy) is 1. The number of amidine groups is 1.